The van der Waals surface area contributed by atoms with Crippen LogP contribution in [0.4, 0.5) is 5.69 Å². The van der Waals surface area contributed by atoms with Crippen molar-refractivity contribution in [2.24, 2.45) is 5.92 Å². The standard InChI is InChI=1S/C29H32N2O5/c1-30-24-13-12-21(34-3)14-23(24)27(18-6-9-20(33-2)10-7-18)28-25(30)17-31(29(28)32)16-19-8-11-22(35-4)15-26(19)36-5/h6-15,25,27-28H,16-17H2,1-5H3/t25-,27-,28-/m1/s1. The highest BCUT2D eigenvalue weighted by atomic mass is 16.5. The minimum absolute atomic E-state index is 0.0368. The Kier molecular flexibility index (Phi) is 6.39. The lowest BCUT2D eigenvalue weighted by molar-refractivity contribution is -0.131. The van der Waals surface area contributed by atoms with Crippen LogP contribution in [-0.4, -0.2) is 58.9 Å². The van der Waals surface area contributed by atoms with E-state index in [0.717, 1.165) is 39.6 Å². The number of methoxy groups -OCH3 is 4. The van der Waals surface area contributed by atoms with Crippen LogP contribution >= 0.6 is 0 Å². The maximum atomic E-state index is 14.1. The number of benzene rings is 3. The lowest BCUT2D eigenvalue weighted by Gasteiger charge is -2.41. The summed E-state index contributed by atoms with van der Waals surface area (Å²) in [4.78, 5) is 18.3. The van der Waals surface area contributed by atoms with Crippen molar-refractivity contribution < 1.29 is 23.7 Å². The molecule has 188 valence electrons. The summed E-state index contributed by atoms with van der Waals surface area (Å²) in [6, 6.07) is 20.0. The van der Waals surface area contributed by atoms with Crippen LogP contribution in [0.15, 0.2) is 60.7 Å². The van der Waals surface area contributed by atoms with Crippen LogP contribution in [0.1, 0.15) is 22.6 Å². The van der Waals surface area contributed by atoms with E-state index in [-0.39, 0.29) is 23.8 Å². The third-order valence-corrected chi connectivity index (χ3v) is 7.56. The molecule has 0 aliphatic carbocycles. The van der Waals surface area contributed by atoms with Crippen molar-refractivity contribution in [3.63, 3.8) is 0 Å². The molecule has 36 heavy (non-hydrogen) atoms. The average Bonchev–Trinajstić information content (AvgIpc) is 3.24. The predicted molar refractivity (Wildman–Crippen MR) is 138 cm³/mol. The van der Waals surface area contributed by atoms with Gasteiger partial charge in [-0.15, -0.1) is 0 Å². The maximum absolute atomic E-state index is 14.1. The van der Waals surface area contributed by atoms with Crippen molar-refractivity contribution in [2.75, 3.05) is 46.9 Å². The van der Waals surface area contributed by atoms with E-state index < -0.39 is 0 Å². The summed E-state index contributed by atoms with van der Waals surface area (Å²) >= 11 is 0. The molecule has 1 fully saturated rings. The van der Waals surface area contributed by atoms with E-state index in [2.05, 4.69) is 36.2 Å². The van der Waals surface area contributed by atoms with Gasteiger partial charge >= 0.3 is 0 Å². The summed E-state index contributed by atoms with van der Waals surface area (Å²) in [5.74, 6) is 2.82. The fourth-order valence-electron chi connectivity index (χ4n) is 5.66. The molecule has 2 heterocycles. The van der Waals surface area contributed by atoms with E-state index in [1.54, 1.807) is 28.4 Å². The van der Waals surface area contributed by atoms with Gasteiger partial charge in [0, 0.05) is 43.4 Å². The number of likely N-dealkylation sites (tertiary alicyclic amines) is 1. The Balaban J connectivity index is 1.55. The molecule has 0 radical (unpaired) electrons. The number of anilines is 1. The molecular weight excluding hydrogens is 456 g/mol. The Morgan fingerprint density at radius 2 is 1.44 bits per heavy atom. The van der Waals surface area contributed by atoms with Gasteiger partial charge in [-0.25, -0.2) is 0 Å². The van der Waals surface area contributed by atoms with Gasteiger partial charge in [-0.3, -0.25) is 4.79 Å². The van der Waals surface area contributed by atoms with E-state index >= 15 is 0 Å². The van der Waals surface area contributed by atoms with Gasteiger partial charge < -0.3 is 28.7 Å². The number of hydrogen-bond acceptors (Lipinski definition) is 6. The zero-order chi connectivity index (χ0) is 25.4. The highest BCUT2D eigenvalue weighted by Crippen LogP contribution is 2.49. The molecule has 3 atom stereocenters. The summed E-state index contributed by atoms with van der Waals surface area (Å²) in [6.07, 6.45) is 0. The van der Waals surface area contributed by atoms with E-state index in [9.17, 15) is 4.79 Å². The number of amides is 1. The molecule has 1 saturated heterocycles. The van der Waals surface area contributed by atoms with Gasteiger partial charge in [-0.05, 0) is 53.6 Å². The topological polar surface area (TPSA) is 60.5 Å². The first-order valence-electron chi connectivity index (χ1n) is 12.0. The summed E-state index contributed by atoms with van der Waals surface area (Å²) in [7, 11) is 8.68. The number of hydrogen-bond donors (Lipinski definition) is 0. The maximum Gasteiger partial charge on any atom is 0.229 e. The van der Waals surface area contributed by atoms with E-state index in [1.807, 2.05) is 41.3 Å². The molecule has 0 aromatic heterocycles. The van der Waals surface area contributed by atoms with Crippen molar-refractivity contribution in [2.45, 2.75) is 18.5 Å². The number of rotatable bonds is 7. The van der Waals surface area contributed by atoms with Crippen LogP contribution in [0.3, 0.4) is 0 Å². The molecule has 5 rings (SSSR count). The largest absolute Gasteiger partial charge is 0.497 e. The van der Waals surface area contributed by atoms with Crippen molar-refractivity contribution in [3.8, 4) is 23.0 Å². The normalized spacial score (nSPS) is 20.6. The molecule has 0 unspecified atom stereocenters. The number of likely N-dealkylation sites (N-methyl/N-ethyl adjacent to an activating group) is 1. The molecule has 0 N–H and O–H groups in total. The summed E-state index contributed by atoms with van der Waals surface area (Å²) < 4.78 is 21.9. The van der Waals surface area contributed by atoms with E-state index in [0.29, 0.717) is 18.8 Å². The van der Waals surface area contributed by atoms with Crippen LogP contribution in [-0.2, 0) is 11.3 Å². The quantitative estimate of drug-likeness (QED) is 0.494. The van der Waals surface area contributed by atoms with Crippen molar-refractivity contribution in [1.82, 2.24) is 4.90 Å². The first-order valence-corrected chi connectivity index (χ1v) is 12.0. The SMILES string of the molecule is COc1ccc([C@@H]2c3cc(OC)ccc3N(C)[C@@H]3CN(Cc4ccc(OC)cc4OC)C(=O)[C@@H]23)cc1. The molecule has 3 aromatic rings. The Morgan fingerprint density at radius 3 is 2.11 bits per heavy atom. The van der Waals surface area contributed by atoms with Gasteiger partial charge in [0.15, 0.2) is 0 Å². The monoisotopic (exact) mass is 488 g/mol. The van der Waals surface area contributed by atoms with Crippen LogP contribution in [0.5, 0.6) is 23.0 Å². The molecule has 3 aromatic carbocycles. The molecule has 0 bridgehead atoms. The number of nitrogens with zero attached hydrogens (tertiary/aromatic N) is 2. The van der Waals surface area contributed by atoms with Crippen molar-refractivity contribution in [1.29, 1.82) is 0 Å². The van der Waals surface area contributed by atoms with E-state index in [1.165, 1.54) is 0 Å². The van der Waals surface area contributed by atoms with Crippen LogP contribution in [0, 0.1) is 5.92 Å². The van der Waals surface area contributed by atoms with Crippen LogP contribution < -0.4 is 23.8 Å². The molecular formula is C29H32N2O5. The highest BCUT2D eigenvalue weighted by molar-refractivity contribution is 5.87. The lowest BCUT2D eigenvalue weighted by atomic mass is 9.74. The Bertz CT molecular complexity index is 1260. The summed E-state index contributed by atoms with van der Waals surface area (Å²) in [5.41, 5.74) is 4.26. The Hall–Kier alpha value is -3.87. The molecule has 7 heteroatoms. The first-order chi connectivity index (χ1) is 17.5. The third kappa shape index (κ3) is 3.98. The minimum atomic E-state index is -0.229. The minimum Gasteiger partial charge on any atom is -0.497 e. The summed E-state index contributed by atoms with van der Waals surface area (Å²) in [5, 5.41) is 0. The van der Waals surface area contributed by atoms with Gasteiger partial charge in [0.2, 0.25) is 5.91 Å². The zero-order valence-corrected chi connectivity index (χ0v) is 21.4. The molecule has 0 saturated carbocycles. The van der Waals surface area contributed by atoms with Gasteiger partial charge in [-0.1, -0.05) is 12.1 Å². The van der Waals surface area contributed by atoms with Gasteiger partial charge in [0.25, 0.3) is 0 Å². The van der Waals surface area contributed by atoms with Gasteiger partial charge in [0.1, 0.15) is 23.0 Å². The van der Waals surface area contributed by atoms with Crippen molar-refractivity contribution >= 4 is 11.6 Å². The average molecular weight is 489 g/mol. The Labute approximate surface area is 212 Å². The van der Waals surface area contributed by atoms with Gasteiger partial charge in [-0.2, -0.15) is 0 Å². The lowest BCUT2D eigenvalue weighted by Crippen LogP contribution is -2.45. The van der Waals surface area contributed by atoms with Crippen LogP contribution in [0.2, 0.25) is 0 Å². The first kappa shape index (κ1) is 23.9. The van der Waals surface area contributed by atoms with Crippen molar-refractivity contribution in [3.05, 3.63) is 77.4 Å². The molecule has 0 spiro atoms. The smallest absolute Gasteiger partial charge is 0.229 e. The summed E-state index contributed by atoms with van der Waals surface area (Å²) in [6.45, 7) is 1.11. The fourth-order valence-corrected chi connectivity index (χ4v) is 5.66. The number of fused-ring (bicyclic) bond motifs is 2. The molecule has 2 aliphatic rings. The molecule has 2 aliphatic heterocycles. The second kappa shape index (κ2) is 9.64. The molecule has 1 amide bonds. The zero-order valence-electron chi connectivity index (χ0n) is 21.4. The number of ether oxygens (including phenoxy) is 4. The highest BCUT2D eigenvalue weighted by Gasteiger charge is 2.51. The fraction of sp³-hybridized carbons (Fsp3) is 0.345. The Morgan fingerprint density at radius 1 is 0.806 bits per heavy atom. The van der Waals surface area contributed by atoms with Gasteiger partial charge in [0.05, 0.1) is 40.4 Å². The van der Waals surface area contributed by atoms with E-state index in [4.69, 9.17) is 18.9 Å². The number of carbonyl (C=O) groups excluding carboxylic acids is 1. The molecule has 7 nitrogen and oxygen atoms in total. The third-order valence-electron chi connectivity index (χ3n) is 7.56. The number of carbonyl (C=O) groups is 1. The second-order valence-corrected chi connectivity index (χ2v) is 9.28. The predicted octanol–water partition coefficient (Wildman–Crippen LogP) is 4.33. The van der Waals surface area contributed by atoms with Crippen LogP contribution in [0.25, 0.3) is 0 Å². The second-order valence-electron chi connectivity index (χ2n) is 9.28.